The van der Waals surface area contributed by atoms with Crippen LogP contribution in [0.5, 0.6) is 0 Å². The molecule has 0 spiro atoms. The Bertz CT molecular complexity index is 156. The predicted molar refractivity (Wildman–Crippen MR) is 67.0 cm³/mol. The van der Waals surface area contributed by atoms with Gasteiger partial charge in [-0.2, -0.15) is 0 Å². The average molecular weight is 212 g/mol. The zero-order chi connectivity index (χ0) is 11.1. The third kappa shape index (κ3) is 4.52. The minimum absolute atomic E-state index is 0.333. The van der Waals surface area contributed by atoms with Crippen molar-refractivity contribution in [1.82, 2.24) is 4.90 Å². The van der Waals surface area contributed by atoms with Crippen molar-refractivity contribution in [3.05, 3.63) is 0 Å². The van der Waals surface area contributed by atoms with Crippen LogP contribution in [0.4, 0.5) is 0 Å². The van der Waals surface area contributed by atoms with Crippen molar-refractivity contribution in [3.63, 3.8) is 0 Å². The molecule has 1 aliphatic heterocycles. The van der Waals surface area contributed by atoms with E-state index in [1.165, 1.54) is 58.2 Å². The highest BCUT2D eigenvalue weighted by Crippen LogP contribution is 2.22. The van der Waals surface area contributed by atoms with E-state index in [0.29, 0.717) is 5.41 Å². The van der Waals surface area contributed by atoms with Gasteiger partial charge in [-0.25, -0.2) is 0 Å². The Morgan fingerprint density at radius 2 is 1.60 bits per heavy atom. The highest BCUT2D eigenvalue weighted by Gasteiger charge is 2.23. The fourth-order valence-corrected chi connectivity index (χ4v) is 2.33. The summed E-state index contributed by atoms with van der Waals surface area (Å²) in [5, 5.41) is 0. The number of hydrogen-bond acceptors (Lipinski definition) is 2. The monoisotopic (exact) mass is 212 g/mol. The fraction of sp³-hybridized carbons (Fsp3) is 1.00. The van der Waals surface area contributed by atoms with Crippen LogP contribution < -0.4 is 5.73 Å². The summed E-state index contributed by atoms with van der Waals surface area (Å²) in [5.74, 6) is 0. The molecule has 2 heteroatoms. The zero-order valence-electron chi connectivity index (χ0n) is 10.6. The van der Waals surface area contributed by atoms with Gasteiger partial charge in [-0.3, -0.25) is 0 Å². The first kappa shape index (κ1) is 13.0. The SMILES string of the molecule is CCC(C)(CN)CN1CCCCCCC1. The molecular formula is C13H28N2. The third-order valence-electron chi connectivity index (χ3n) is 3.90. The van der Waals surface area contributed by atoms with Crippen molar-refractivity contribution in [2.75, 3.05) is 26.2 Å². The van der Waals surface area contributed by atoms with Gasteiger partial charge < -0.3 is 10.6 Å². The van der Waals surface area contributed by atoms with E-state index in [1.54, 1.807) is 0 Å². The quantitative estimate of drug-likeness (QED) is 0.776. The number of hydrogen-bond donors (Lipinski definition) is 1. The standard InChI is InChI=1S/C13H28N2/c1-3-13(2,11-14)12-15-9-7-5-4-6-8-10-15/h3-12,14H2,1-2H3. The Labute approximate surface area is 95.2 Å². The van der Waals surface area contributed by atoms with Crippen molar-refractivity contribution >= 4 is 0 Å². The van der Waals surface area contributed by atoms with Crippen LogP contribution in [0.3, 0.4) is 0 Å². The number of nitrogens with zero attached hydrogens (tertiary/aromatic N) is 1. The minimum Gasteiger partial charge on any atom is -0.330 e. The van der Waals surface area contributed by atoms with Gasteiger partial charge in [0.25, 0.3) is 0 Å². The maximum atomic E-state index is 5.88. The molecule has 1 rings (SSSR count). The zero-order valence-corrected chi connectivity index (χ0v) is 10.6. The highest BCUT2D eigenvalue weighted by molar-refractivity contribution is 4.78. The van der Waals surface area contributed by atoms with E-state index in [0.717, 1.165) is 6.54 Å². The van der Waals surface area contributed by atoms with Crippen LogP contribution in [-0.2, 0) is 0 Å². The van der Waals surface area contributed by atoms with Crippen LogP contribution in [0.25, 0.3) is 0 Å². The normalized spacial score (nSPS) is 24.2. The largest absolute Gasteiger partial charge is 0.330 e. The molecule has 1 aliphatic rings. The van der Waals surface area contributed by atoms with E-state index < -0.39 is 0 Å². The lowest BCUT2D eigenvalue weighted by Crippen LogP contribution is -2.41. The number of nitrogens with two attached hydrogens (primary N) is 1. The van der Waals surface area contributed by atoms with Gasteiger partial charge in [0.05, 0.1) is 0 Å². The molecule has 1 saturated heterocycles. The molecule has 0 aromatic rings. The lowest BCUT2D eigenvalue weighted by molar-refractivity contribution is 0.153. The van der Waals surface area contributed by atoms with Crippen LogP contribution in [0.1, 0.15) is 52.4 Å². The molecule has 0 saturated carbocycles. The second-order valence-corrected chi connectivity index (χ2v) is 5.41. The Hall–Kier alpha value is -0.0800. The van der Waals surface area contributed by atoms with Crippen molar-refractivity contribution in [1.29, 1.82) is 0 Å². The summed E-state index contributed by atoms with van der Waals surface area (Å²) < 4.78 is 0. The van der Waals surface area contributed by atoms with Gasteiger partial charge in [0, 0.05) is 6.54 Å². The summed E-state index contributed by atoms with van der Waals surface area (Å²) in [6.45, 7) is 9.17. The first-order valence-corrected chi connectivity index (χ1v) is 6.62. The highest BCUT2D eigenvalue weighted by atomic mass is 15.1. The summed E-state index contributed by atoms with van der Waals surface area (Å²) in [7, 11) is 0. The molecule has 0 aliphatic carbocycles. The molecule has 0 aromatic heterocycles. The van der Waals surface area contributed by atoms with E-state index in [-0.39, 0.29) is 0 Å². The summed E-state index contributed by atoms with van der Waals surface area (Å²) in [5.41, 5.74) is 6.21. The smallest absolute Gasteiger partial charge is 0.00473 e. The average Bonchev–Trinajstić information content (AvgIpc) is 2.22. The maximum absolute atomic E-state index is 5.88. The van der Waals surface area contributed by atoms with Crippen molar-refractivity contribution in [2.45, 2.75) is 52.4 Å². The van der Waals surface area contributed by atoms with Crippen molar-refractivity contribution in [3.8, 4) is 0 Å². The summed E-state index contributed by atoms with van der Waals surface area (Å²) in [6, 6.07) is 0. The Balaban J connectivity index is 2.39. The lowest BCUT2D eigenvalue weighted by atomic mass is 9.87. The number of likely N-dealkylation sites (tertiary alicyclic amines) is 1. The van der Waals surface area contributed by atoms with E-state index in [1.807, 2.05) is 0 Å². The maximum Gasteiger partial charge on any atom is 0.00473 e. The lowest BCUT2D eigenvalue weighted by Gasteiger charge is -2.34. The predicted octanol–water partition coefficient (Wildman–Crippen LogP) is 2.63. The van der Waals surface area contributed by atoms with Crippen LogP contribution in [-0.4, -0.2) is 31.1 Å². The molecule has 90 valence electrons. The van der Waals surface area contributed by atoms with Gasteiger partial charge in [0.1, 0.15) is 0 Å². The van der Waals surface area contributed by atoms with Gasteiger partial charge in [-0.05, 0) is 44.3 Å². The molecule has 1 unspecified atom stereocenters. The Morgan fingerprint density at radius 1 is 1.07 bits per heavy atom. The molecule has 1 heterocycles. The minimum atomic E-state index is 0.333. The Kier molecular flexibility index (Phi) is 5.62. The van der Waals surface area contributed by atoms with E-state index >= 15 is 0 Å². The second-order valence-electron chi connectivity index (χ2n) is 5.41. The van der Waals surface area contributed by atoms with Crippen LogP contribution in [0.2, 0.25) is 0 Å². The molecule has 0 bridgehead atoms. The van der Waals surface area contributed by atoms with E-state index in [4.69, 9.17) is 5.73 Å². The fourth-order valence-electron chi connectivity index (χ4n) is 2.33. The Morgan fingerprint density at radius 3 is 2.07 bits per heavy atom. The van der Waals surface area contributed by atoms with Crippen LogP contribution in [0, 0.1) is 5.41 Å². The summed E-state index contributed by atoms with van der Waals surface area (Å²) in [4.78, 5) is 2.63. The molecule has 1 fully saturated rings. The first-order chi connectivity index (χ1) is 7.20. The third-order valence-corrected chi connectivity index (χ3v) is 3.90. The van der Waals surface area contributed by atoms with Crippen molar-refractivity contribution < 1.29 is 0 Å². The molecular weight excluding hydrogens is 184 g/mol. The summed E-state index contributed by atoms with van der Waals surface area (Å²) in [6.07, 6.45) is 8.23. The van der Waals surface area contributed by atoms with Gasteiger partial charge in [0.15, 0.2) is 0 Å². The molecule has 0 amide bonds. The van der Waals surface area contributed by atoms with Crippen molar-refractivity contribution in [2.24, 2.45) is 11.1 Å². The van der Waals surface area contributed by atoms with Gasteiger partial charge in [0.2, 0.25) is 0 Å². The van der Waals surface area contributed by atoms with Crippen LogP contribution in [0.15, 0.2) is 0 Å². The molecule has 2 nitrogen and oxygen atoms in total. The van der Waals surface area contributed by atoms with Gasteiger partial charge >= 0.3 is 0 Å². The van der Waals surface area contributed by atoms with Gasteiger partial charge in [-0.1, -0.05) is 33.1 Å². The first-order valence-electron chi connectivity index (χ1n) is 6.62. The molecule has 15 heavy (non-hydrogen) atoms. The van der Waals surface area contributed by atoms with Gasteiger partial charge in [-0.15, -0.1) is 0 Å². The number of rotatable bonds is 4. The van der Waals surface area contributed by atoms with Crippen LogP contribution >= 0.6 is 0 Å². The molecule has 0 aromatic carbocycles. The topological polar surface area (TPSA) is 29.3 Å². The summed E-state index contributed by atoms with van der Waals surface area (Å²) >= 11 is 0. The molecule has 0 radical (unpaired) electrons. The van der Waals surface area contributed by atoms with E-state index in [9.17, 15) is 0 Å². The second kappa shape index (κ2) is 6.49. The van der Waals surface area contributed by atoms with E-state index in [2.05, 4.69) is 18.7 Å². The molecule has 2 N–H and O–H groups in total. The molecule has 1 atom stereocenters.